The minimum atomic E-state index is -0.0350. The van der Waals surface area contributed by atoms with Gasteiger partial charge >= 0.3 is 0 Å². The molecule has 0 aromatic heterocycles. The van der Waals surface area contributed by atoms with Crippen LogP contribution in [-0.4, -0.2) is 57.1 Å². The van der Waals surface area contributed by atoms with Gasteiger partial charge in [0.2, 0.25) is 0 Å². The van der Waals surface area contributed by atoms with E-state index in [-0.39, 0.29) is 36.0 Å². The quantitative estimate of drug-likeness (QED) is 0.214. The van der Waals surface area contributed by atoms with E-state index in [4.69, 9.17) is 14.5 Å². The van der Waals surface area contributed by atoms with Gasteiger partial charge in [-0.05, 0) is 56.9 Å². The Kier molecular flexibility index (Phi) is 11.0. The lowest BCUT2D eigenvalue weighted by Crippen LogP contribution is -2.40. The lowest BCUT2D eigenvalue weighted by Gasteiger charge is -2.24. The SMILES string of the molecule is CCNC(=NCC1(CCO)CCOC1)NCCOc1cc(C)cc(C)c1.I. The van der Waals surface area contributed by atoms with Crippen molar-refractivity contribution in [3.05, 3.63) is 29.3 Å². The van der Waals surface area contributed by atoms with E-state index in [1.165, 1.54) is 11.1 Å². The van der Waals surface area contributed by atoms with Crippen LogP contribution in [0.5, 0.6) is 5.75 Å². The summed E-state index contributed by atoms with van der Waals surface area (Å²) in [7, 11) is 0. The fraction of sp³-hybridized carbons (Fsp3) is 0.650. The summed E-state index contributed by atoms with van der Waals surface area (Å²) in [6.45, 7) is 10.5. The lowest BCUT2D eigenvalue weighted by molar-refractivity contribution is 0.131. The van der Waals surface area contributed by atoms with Gasteiger partial charge in [0.05, 0.1) is 19.7 Å². The summed E-state index contributed by atoms with van der Waals surface area (Å²) in [5.41, 5.74) is 2.37. The second-order valence-corrected chi connectivity index (χ2v) is 7.07. The molecule has 1 aliphatic heterocycles. The van der Waals surface area contributed by atoms with Crippen molar-refractivity contribution >= 4 is 29.9 Å². The number of hydrogen-bond acceptors (Lipinski definition) is 4. The maximum absolute atomic E-state index is 9.33. The molecule has 0 bridgehead atoms. The molecular formula is C20H34IN3O3. The molecule has 27 heavy (non-hydrogen) atoms. The van der Waals surface area contributed by atoms with E-state index in [2.05, 4.69) is 30.5 Å². The van der Waals surface area contributed by atoms with E-state index in [0.717, 1.165) is 37.7 Å². The number of nitrogens with zero attached hydrogens (tertiary/aromatic N) is 1. The van der Waals surface area contributed by atoms with E-state index < -0.39 is 0 Å². The van der Waals surface area contributed by atoms with Crippen LogP contribution in [0.1, 0.15) is 30.9 Å². The zero-order chi connectivity index (χ0) is 18.8. The van der Waals surface area contributed by atoms with Crippen molar-refractivity contribution in [2.45, 2.75) is 33.6 Å². The van der Waals surface area contributed by atoms with Crippen molar-refractivity contribution < 1.29 is 14.6 Å². The fourth-order valence-corrected chi connectivity index (χ4v) is 3.23. The Balaban J connectivity index is 0.00000364. The predicted molar refractivity (Wildman–Crippen MR) is 120 cm³/mol. The lowest BCUT2D eigenvalue weighted by atomic mass is 9.84. The Morgan fingerprint density at radius 1 is 1.26 bits per heavy atom. The Hall–Kier alpha value is -1.06. The largest absolute Gasteiger partial charge is 0.492 e. The van der Waals surface area contributed by atoms with Gasteiger partial charge in [0, 0.05) is 25.2 Å². The molecule has 1 heterocycles. The third-order valence-electron chi connectivity index (χ3n) is 4.60. The Morgan fingerprint density at radius 2 is 2.00 bits per heavy atom. The number of rotatable bonds is 9. The molecule has 1 unspecified atom stereocenters. The van der Waals surface area contributed by atoms with Crippen LogP contribution in [0.25, 0.3) is 0 Å². The summed E-state index contributed by atoms with van der Waals surface area (Å²) in [6.07, 6.45) is 1.68. The summed E-state index contributed by atoms with van der Waals surface area (Å²) >= 11 is 0. The zero-order valence-corrected chi connectivity index (χ0v) is 19.0. The summed E-state index contributed by atoms with van der Waals surface area (Å²) in [5, 5.41) is 15.9. The van der Waals surface area contributed by atoms with Crippen LogP contribution in [0, 0.1) is 19.3 Å². The van der Waals surface area contributed by atoms with E-state index in [0.29, 0.717) is 26.3 Å². The van der Waals surface area contributed by atoms with Crippen molar-refractivity contribution in [2.75, 3.05) is 46.1 Å². The van der Waals surface area contributed by atoms with E-state index in [1.54, 1.807) is 0 Å². The van der Waals surface area contributed by atoms with Gasteiger partial charge in [0.25, 0.3) is 0 Å². The molecule has 6 nitrogen and oxygen atoms in total. The number of aryl methyl sites for hydroxylation is 2. The first-order valence-corrected chi connectivity index (χ1v) is 9.49. The normalized spacial score (nSPS) is 19.5. The number of aliphatic imine (C=N–C) groups is 1. The summed E-state index contributed by atoms with van der Waals surface area (Å²) in [6, 6.07) is 6.23. The average Bonchev–Trinajstić information content (AvgIpc) is 3.05. The molecule has 2 rings (SSSR count). The number of ether oxygens (including phenoxy) is 2. The van der Waals surface area contributed by atoms with Crippen LogP contribution in [0.4, 0.5) is 0 Å². The summed E-state index contributed by atoms with van der Waals surface area (Å²) in [5.74, 6) is 1.68. The molecule has 154 valence electrons. The molecule has 1 aromatic carbocycles. The molecule has 0 aliphatic carbocycles. The molecule has 0 amide bonds. The molecule has 1 atom stereocenters. The molecule has 1 fully saturated rings. The van der Waals surface area contributed by atoms with Crippen LogP contribution in [0.15, 0.2) is 23.2 Å². The number of guanidine groups is 1. The van der Waals surface area contributed by atoms with Crippen molar-refractivity contribution in [2.24, 2.45) is 10.4 Å². The predicted octanol–water partition coefficient (Wildman–Crippen LogP) is 2.64. The van der Waals surface area contributed by atoms with Gasteiger partial charge in [0.1, 0.15) is 12.4 Å². The highest BCUT2D eigenvalue weighted by Gasteiger charge is 2.34. The maximum atomic E-state index is 9.33. The summed E-state index contributed by atoms with van der Waals surface area (Å²) in [4.78, 5) is 4.71. The van der Waals surface area contributed by atoms with Crippen LogP contribution < -0.4 is 15.4 Å². The highest BCUT2D eigenvalue weighted by atomic mass is 127. The Labute approximate surface area is 180 Å². The first kappa shape index (κ1) is 24.0. The van der Waals surface area contributed by atoms with Crippen LogP contribution in [0.2, 0.25) is 0 Å². The van der Waals surface area contributed by atoms with E-state index in [1.807, 2.05) is 19.1 Å². The smallest absolute Gasteiger partial charge is 0.191 e. The van der Waals surface area contributed by atoms with Gasteiger partial charge in [0.15, 0.2) is 5.96 Å². The van der Waals surface area contributed by atoms with Crippen molar-refractivity contribution in [1.82, 2.24) is 10.6 Å². The van der Waals surface area contributed by atoms with Gasteiger partial charge in [-0.25, -0.2) is 0 Å². The van der Waals surface area contributed by atoms with E-state index >= 15 is 0 Å². The summed E-state index contributed by atoms with van der Waals surface area (Å²) < 4.78 is 11.4. The Bertz CT molecular complexity index is 570. The number of benzene rings is 1. The standard InChI is InChI=1S/C20H33N3O3.HI/c1-4-21-19(23-14-20(5-8-24)6-9-25-15-20)22-7-10-26-18-12-16(2)11-17(3)13-18;/h11-13,24H,4-10,14-15H2,1-3H3,(H2,21,22,23);1H. The number of aliphatic hydroxyl groups excluding tert-OH is 1. The van der Waals surface area contributed by atoms with Gasteiger partial charge < -0.3 is 25.2 Å². The molecule has 1 aromatic rings. The number of nitrogens with one attached hydrogen (secondary N) is 2. The van der Waals surface area contributed by atoms with Gasteiger partial charge in [-0.1, -0.05) is 6.07 Å². The van der Waals surface area contributed by atoms with Gasteiger partial charge in [-0.15, -0.1) is 24.0 Å². The minimum absolute atomic E-state index is 0. The minimum Gasteiger partial charge on any atom is -0.492 e. The monoisotopic (exact) mass is 491 g/mol. The van der Waals surface area contributed by atoms with Gasteiger partial charge in [-0.3, -0.25) is 4.99 Å². The number of aliphatic hydroxyl groups is 1. The Morgan fingerprint density at radius 3 is 2.59 bits per heavy atom. The molecule has 0 radical (unpaired) electrons. The maximum Gasteiger partial charge on any atom is 0.191 e. The van der Waals surface area contributed by atoms with Crippen LogP contribution >= 0.6 is 24.0 Å². The molecule has 0 saturated carbocycles. The van der Waals surface area contributed by atoms with Crippen LogP contribution in [-0.2, 0) is 4.74 Å². The fourth-order valence-electron chi connectivity index (χ4n) is 3.23. The highest BCUT2D eigenvalue weighted by molar-refractivity contribution is 14.0. The molecule has 3 N–H and O–H groups in total. The van der Waals surface area contributed by atoms with E-state index in [9.17, 15) is 5.11 Å². The topological polar surface area (TPSA) is 75.1 Å². The first-order valence-electron chi connectivity index (χ1n) is 9.49. The molecule has 1 saturated heterocycles. The van der Waals surface area contributed by atoms with Crippen molar-refractivity contribution in [3.8, 4) is 5.75 Å². The molecule has 7 heteroatoms. The molecular weight excluding hydrogens is 457 g/mol. The highest BCUT2D eigenvalue weighted by Crippen LogP contribution is 2.32. The second kappa shape index (κ2) is 12.4. The molecule has 1 aliphatic rings. The number of hydrogen-bond donors (Lipinski definition) is 3. The first-order chi connectivity index (χ1) is 12.6. The van der Waals surface area contributed by atoms with Crippen molar-refractivity contribution in [1.29, 1.82) is 0 Å². The van der Waals surface area contributed by atoms with Gasteiger partial charge in [-0.2, -0.15) is 0 Å². The third-order valence-corrected chi connectivity index (χ3v) is 4.60. The zero-order valence-electron chi connectivity index (χ0n) is 16.7. The van der Waals surface area contributed by atoms with Crippen molar-refractivity contribution in [3.63, 3.8) is 0 Å². The second-order valence-electron chi connectivity index (χ2n) is 7.07. The van der Waals surface area contributed by atoms with Crippen LogP contribution in [0.3, 0.4) is 0 Å². The average molecular weight is 491 g/mol. The third kappa shape index (κ3) is 8.23. The molecule has 0 spiro atoms. The number of halogens is 1.